The van der Waals surface area contributed by atoms with Gasteiger partial charge in [0.25, 0.3) is 10.1 Å². The van der Waals surface area contributed by atoms with Gasteiger partial charge in [-0.25, -0.2) is 0 Å². The fraction of sp³-hybridized carbons (Fsp3) is 0.529. The van der Waals surface area contributed by atoms with E-state index in [1.165, 1.54) is 12.1 Å². The van der Waals surface area contributed by atoms with Crippen LogP contribution < -0.4 is 0 Å². The van der Waals surface area contributed by atoms with Gasteiger partial charge in [-0.1, -0.05) is 17.7 Å². The van der Waals surface area contributed by atoms with Crippen molar-refractivity contribution < 1.29 is 22.2 Å². The summed E-state index contributed by atoms with van der Waals surface area (Å²) in [6, 6.07) is 6.34. The molecular formula is C17H22O5S. The molecule has 2 fully saturated rings. The molecule has 0 aromatic heterocycles. The van der Waals surface area contributed by atoms with Crippen molar-refractivity contribution in [2.45, 2.75) is 44.4 Å². The van der Waals surface area contributed by atoms with Crippen LogP contribution in [0.15, 0.2) is 29.2 Å². The molecule has 6 heteroatoms. The topological polar surface area (TPSA) is 77.5 Å². The van der Waals surface area contributed by atoms with Gasteiger partial charge < -0.3 is 0 Å². The number of ketones is 2. The minimum Gasteiger partial charge on any atom is -0.300 e. The number of hydrogen-bond donors (Lipinski definition) is 0. The van der Waals surface area contributed by atoms with Crippen LogP contribution in [0, 0.1) is 18.8 Å². The quantitative estimate of drug-likeness (QED) is 0.745. The molecule has 2 aliphatic carbocycles. The zero-order valence-electron chi connectivity index (χ0n) is 13.4. The van der Waals surface area contributed by atoms with Gasteiger partial charge in [-0.05, 0) is 51.7 Å². The van der Waals surface area contributed by atoms with E-state index in [0.717, 1.165) is 31.2 Å². The Morgan fingerprint density at radius 1 is 1.04 bits per heavy atom. The molecule has 0 amide bonds. The van der Waals surface area contributed by atoms with Gasteiger partial charge in [-0.2, -0.15) is 8.42 Å². The maximum Gasteiger partial charge on any atom is 0.297 e. The number of hydrogen-bond acceptors (Lipinski definition) is 5. The SMILES string of the molecule is CC(=O)C1CC1.Cc1ccc(S(=O)(=O)OCC(=O)C2CC2)cc1. The number of benzene rings is 1. The lowest BCUT2D eigenvalue weighted by atomic mass is 10.2. The Morgan fingerprint density at radius 2 is 1.57 bits per heavy atom. The molecule has 126 valence electrons. The summed E-state index contributed by atoms with van der Waals surface area (Å²) in [4.78, 5) is 21.6. The van der Waals surface area contributed by atoms with Crippen molar-refractivity contribution in [1.82, 2.24) is 0 Å². The number of carbonyl (C=O) groups is 2. The first-order valence-corrected chi connectivity index (χ1v) is 9.19. The molecule has 0 aliphatic heterocycles. The van der Waals surface area contributed by atoms with Gasteiger partial charge >= 0.3 is 0 Å². The summed E-state index contributed by atoms with van der Waals surface area (Å²) in [5, 5.41) is 0. The first-order valence-electron chi connectivity index (χ1n) is 7.79. The van der Waals surface area contributed by atoms with E-state index >= 15 is 0 Å². The second-order valence-corrected chi connectivity index (χ2v) is 7.77. The lowest BCUT2D eigenvalue weighted by molar-refractivity contribution is -0.122. The van der Waals surface area contributed by atoms with Crippen LogP contribution in [0.1, 0.15) is 38.2 Å². The number of rotatable bonds is 6. The van der Waals surface area contributed by atoms with Crippen molar-refractivity contribution in [1.29, 1.82) is 0 Å². The Bertz CT molecular complexity index is 667. The molecular weight excluding hydrogens is 316 g/mol. The third kappa shape index (κ3) is 5.88. The number of carbonyl (C=O) groups excluding carboxylic acids is 2. The predicted octanol–water partition coefficient (Wildman–Crippen LogP) is 2.66. The molecule has 23 heavy (non-hydrogen) atoms. The van der Waals surface area contributed by atoms with E-state index in [0.29, 0.717) is 11.7 Å². The van der Waals surface area contributed by atoms with Crippen LogP contribution in [0.25, 0.3) is 0 Å². The van der Waals surface area contributed by atoms with Gasteiger partial charge in [0.1, 0.15) is 12.4 Å². The van der Waals surface area contributed by atoms with Gasteiger partial charge in [0.2, 0.25) is 0 Å². The van der Waals surface area contributed by atoms with Crippen molar-refractivity contribution in [2.75, 3.05) is 6.61 Å². The van der Waals surface area contributed by atoms with E-state index in [-0.39, 0.29) is 23.2 Å². The minimum absolute atomic E-state index is 0.0169. The van der Waals surface area contributed by atoms with E-state index < -0.39 is 10.1 Å². The summed E-state index contributed by atoms with van der Waals surface area (Å²) < 4.78 is 28.2. The largest absolute Gasteiger partial charge is 0.300 e. The summed E-state index contributed by atoms with van der Waals surface area (Å²) in [5.41, 5.74) is 0.970. The summed E-state index contributed by atoms with van der Waals surface area (Å²) >= 11 is 0. The highest BCUT2D eigenvalue weighted by molar-refractivity contribution is 7.86. The molecule has 3 rings (SSSR count). The van der Waals surface area contributed by atoms with Crippen LogP contribution >= 0.6 is 0 Å². The molecule has 0 spiro atoms. The zero-order chi connectivity index (χ0) is 17.0. The van der Waals surface area contributed by atoms with E-state index in [1.807, 2.05) is 6.92 Å². The van der Waals surface area contributed by atoms with E-state index in [9.17, 15) is 18.0 Å². The van der Waals surface area contributed by atoms with Gasteiger partial charge in [0, 0.05) is 11.8 Å². The van der Waals surface area contributed by atoms with E-state index in [2.05, 4.69) is 0 Å². The fourth-order valence-corrected chi connectivity index (χ4v) is 2.80. The summed E-state index contributed by atoms with van der Waals surface area (Å²) in [6.45, 7) is 3.19. The number of aryl methyl sites for hydroxylation is 1. The molecule has 0 N–H and O–H groups in total. The predicted molar refractivity (Wildman–Crippen MR) is 85.5 cm³/mol. The third-order valence-corrected chi connectivity index (χ3v) is 5.13. The van der Waals surface area contributed by atoms with Crippen LogP contribution in [0.2, 0.25) is 0 Å². The molecule has 1 aromatic carbocycles. The molecule has 0 saturated heterocycles. The van der Waals surface area contributed by atoms with Crippen LogP contribution in [0.3, 0.4) is 0 Å². The van der Waals surface area contributed by atoms with Crippen LogP contribution in [-0.2, 0) is 23.9 Å². The second-order valence-electron chi connectivity index (χ2n) is 6.15. The Kier molecular flexibility index (Phi) is 5.70. The summed E-state index contributed by atoms with van der Waals surface area (Å²) in [5.74, 6) is 0.726. The fourth-order valence-electron chi connectivity index (χ4n) is 1.92. The van der Waals surface area contributed by atoms with Crippen molar-refractivity contribution in [3.8, 4) is 0 Å². The van der Waals surface area contributed by atoms with Crippen molar-refractivity contribution in [3.05, 3.63) is 29.8 Å². The first-order chi connectivity index (χ1) is 10.8. The Labute approximate surface area is 137 Å². The lowest BCUT2D eigenvalue weighted by Crippen LogP contribution is -2.15. The van der Waals surface area contributed by atoms with Crippen molar-refractivity contribution in [3.63, 3.8) is 0 Å². The Hall–Kier alpha value is -1.53. The molecule has 0 unspecified atom stereocenters. The third-order valence-electron chi connectivity index (χ3n) is 3.85. The molecule has 2 aliphatic rings. The normalized spacial score (nSPS) is 17.1. The monoisotopic (exact) mass is 338 g/mol. The molecule has 0 heterocycles. The van der Waals surface area contributed by atoms with Gasteiger partial charge in [-0.15, -0.1) is 0 Å². The smallest absolute Gasteiger partial charge is 0.297 e. The highest BCUT2D eigenvalue weighted by Gasteiger charge is 2.30. The van der Waals surface area contributed by atoms with E-state index in [4.69, 9.17) is 4.18 Å². The maximum absolute atomic E-state index is 11.7. The van der Waals surface area contributed by atoms with Crippen LogP contribution in [0.4, 0.5) is 0 Å². The second kappa shape index (κ2) is 7.36. The van der Waals surface area contributed by atoms with Gasteiger partial charge in [0.05, 0.1) is 4.90 Å². The first kappa shape index (κ1) is 17.8. The number of Topliss-reactive ketones (excluding diaryl/α,β-unsaturated/α-hetero) is 2. The molecule has 0 radical (unpaired) electrons. The molecule has 0 bridgehead atoms. The van der Waals surface area contributed by atoms with Crippen molar-refractivity contribution in [2.24, 2.45) is 11.8 Å². The highest BCUT2D eigenvalue weighted by atomic mass is 32.2. The zero-order valence-corrected chi connectivity index (χ0v) is 14.3. The summed E-state index contributed by atoms with van der Waals surface area (Å²) in [7, 11) is -3.80. The molecule has 0 atom stereocenters. The lowest BCUT2D eigenvalue weighted by Gasteiger charge is -2.04. The molecule has 2 saturated carbocycles. The average molecular weight is 338 g/mol. The molecule has 1 aromatic rings. The molecule has 5 nitrogen and oxygen atoms in total. The minimum atomic E-state index is -3.80. The Morgan fingerprint density at radius 3 is 1.96 bits per heavy atom. The average Bonchev–Trinajstić information content (AvgIpc) is 3.38. The van der Waals surface area contributed by atoms with Crippen LogP contribution in [0.5, 0.6) is 0 Å². The van der Waals surface area contributed by atoms with Gasteiger partial charge in [-0.3, -0.25) is 13.8 Å². The highest BCUT2D eigenvalue weighted by Crippen LogP contribution is 2.30. The van der Waals surface area contributed by atoms with E-state index in [1.54, 1.807) is 19.1 Å². The van der Waals surface area contributed by atoms with Crippen LogP contribution in [-0.4, -0.2) is 26.6 Å². The van der Waals surface area contributed by atoms with Gasteiger partial charge in [0.15, 0.2) is 5.78 Å². The standard InChI is InChI=1S/C12H14O4S.C5H8O/c1-9-2-6-11(7-3-9)17(14,15)16-8-12(13)10-4-5-10;1-4(6)5-2-3-5/h2-3,6-7,10H,4-5,8H2,1H3;5H,2-3H2,1H3. The summed E-state index contributed by atoms with van der Waals surface area (Å²) in [6.07, 6.45) is 4.00. The maximum atomic E-state index is 11.7. The van der Waals surface area contributed by atoms with Crippen molar-refractivity contribution >= 4 is 21.7 Å². The Balaban J connectivity index is 0.000000268.